The van der Waals surface area contributed by atoms with Gasteiger partial charge in [0.25, 0.3) is 0 Å². The van der Waals surface area contributed by atoms with Crippen molar-refractivity contribution < 1.29 is 9.90 Å². The summed E-state index contributed by atoms with van der Waals surface area (Å²) in [4.78, 5) is 12.7. The molecule has 1 aromatic rings. The molecule has 16 heavy (non-hydrogen) atoms. The lowest BCUT2D eigenvalue weighted by atomic mass is 10.1. The Morgan fingerprint density at radius 1 is 1.38 bits per heavy atom. The van der Waals surface area contributed by atoms with Gasteiger partial charge in [-0.05, 0) is 31.9 Å². The first-order valence-corrected chi connectivity index (χ1v) is 5.67. The zero-order chi connectivity index (χ0) is 12.0. The number of rotatable bonds is 6. The van der Waals surface area contributed by atoms with Crippen molar-refractivity contribution in [3.05, 3.63) is 29.8 Å². The molecule has 88 valence electrons. The van der Waals surface area contributed by atoms with E-state index in [1.54, 1.807) is 0 Å². The van der Waals surface area contributed by atoms with Crippen LogP contribution in [-0.2, 0) is 4.79 Å². The van der Waals surface area contributed by atoms with Crippen LogP contribution in [0.3, 0.4) is 0 Å². The summed E-state index contributed by atoms with van der Waals surface area (Å²) >= 11 is 0. The molecule has 0 aliphatic rings. The van der Waals surface area contributed by atoms with Gasteiger partial charge < -0.3 is 10.0 Å². The van der Waals surface area contributed by atoms with Gasteiger partial charge in [0.05, 0.1) is 0 Å². The fourth-order valence-electron chi connectivity index (χ4n) is 1.79. The summed E-state index contributed by atoms with van der Waals surface area (Å²) in [6, 6.07) is 8.20. The molecule has 0 atom stereocenters. The van der Waals surface area contributed by atoms with E-state index >= 15 is 0 Å². The van der Waals surface area contributed by atoms with E-state index in [-0.39, 0.29) is 6.42 Å². The first-order chi connectivity index (χ1) is 7.65. The van der Waals surface area contributed by atoms with Crippen molar-refractivity contribution in [1.29, 1.82) is 0 Å². The lowest BCUT2D eigenvalue weighted by Gasteiger charge is -2.24. The number of hydrogen-bond donors (Lipinski definition) is 1. The monoisotopic (exact) mass is 221 g/mol. The predicted molar refractivity (Wildman–Crippen MR) is 65.9 cm³/mol. The molecule has 0 aliphatic carbocycles. The highest BCUT2D eigenvalue weighted by atomic mass is 16.4. The van der Waals surface area contributed by atoms with Crippen LogP contribution in [-0.4, -0.2) is 24.2 Å². The van der Waals surface area contributed by atoms with E-state index < -0.39 is 5.97 Å². The summed E-state index contributed by atoms with van der Waals surface area (Å²) in [6.45, 7) is 5.88. The minimum atomic E-state index is -0.721. The number of anilines is 1. The number of carbonyl (C=O) groups is 1. The van der Waals surface area contributed by atoms with Gasteiger partial charge in [0.2, 0.25) is 0 Å². The smallest absolute Gasteiger partial charge is 0.303 e. The van der Waals surface area contributed by atoms with Crippen LogP contribution in [0.15, 0.2) is 24.3 Å². The van der Waals surface area contributed by atoms with Crippen LogP contribution in [0, 0.1) is 6.92 Å². The van der Waals surface area contributed by atoms with E-state index in [1.807, 2.05) is 12.1 Å². The molecule has 0 heterocycles. The predicted octanol–water partition coefficient (Wildman–Crippen LogP) is 2.69. The van der Waals surface area contributed by atoms with Crippen molar-refractivity contribution in [3.8, 4) is 0 Å². The molecule has 0 fully saturated rings. The van der Waals surface area contributed by atoms with Gasteiger partial charge in [0, 0.05) is 25.2 Å². The third-order valence-electron chi connectivity index (χ3n) is 2.66. The molecule has 1 N–H and O–H groups in total. The molecule has 0 radical (unpaired) electrons. The van der Waals surface area contributed by atoms with Crippen LogP contribution in [0.25, 0.3) is 0 Å². The summed E-state index contributed by atoms with van der Waals surface area (Å²) in [5, 5.41) is 8.61. The van der Waals surface area contributed by atoms with Gasteiger partial charge in [-0.3, -0.25) is 4.79 Å². The number of aliphatic carboxylic acids is 1. The molecule has 1 aromatic carbocycles. The number of aryl methyl sites for hydroxylation is 1. The maximum Gasteiger partial charge on any atom is 0.303 e. The SMILES string of the molecule is CCN(CCCC(=O)O)c1ccccc1C. The Balaban J connectivity index is 2.60. The Bertz CT molecular complexity index is 350. The Labute approximate surface area is 96.7 Å². The van der Waals surface area contributed by atoms with Gasteiger partial charge in [-0.15, -0.1) is 0 Å². The minimum absolute atomic E-state index is 0.238. The fourth-order valence-corrected chi connectivity index (χ4v) is 1.79. The lowest BCUT2D eigenvalue weighted by Crippen LogP contribution is -2.25. The highest BCUT2D eigenvalue weighted by Crippen LogP contribution is 2.19. The summed E-state index contributed by atoms with van der Waals surface area (Å²) in [5.74, 6) is -0.721. The molecule has 0 unspecified atom stereocenters. The standard InChI is InChI=1S/C13H19NO2/c1-3-14(10-6-9-13(15)16)12-8-5-4-7-11(12)2/h4-5,7-8H,3,6,9-10H2,1-2H3,(H,15,16). The van der Waals surface area contributed by atoms with Crippen LogP contribution in [0.4, 0.5) is 5.69 Å². The van der Waals surface area contributed by atoms with Gasteiger partial charge in [-0.1, -0.05) is 18.2 Å². The Morgan fingerprint density at radius 2 is 2.06 bits per heavy atom. The third kappa shape index (κ3) is 3.57. The molecule has 3 nitrogen and oxygen atoms in total. The van der Waals surface area contributed by atoms with E-state index in [9.17, 15) is 4.79 Å². The number of benzene rings is 1. The summed E-state index contributed by atoms with van der Waals surface area (Å²) < 4.78 is 0. The largest absolute Gasteiger partial charge is 0.481 e. The second-order valence-corrected chi connectivity index (χ2v) is 3.86. The quantitative estimate of drug-likeness (QED) is 0.803. The first kappa shape index (κ1) is 12.6. The molecule has 0 amide bonds. The third-order valence-corrected chi connectivity index (χ3v) is 2.66. The van der Waals surface area contributed by atoms with Gasteiger partial charge in [0.15, 0.2) is 0 Å². The number of carboxylic acids is 1. The van der Waals surface area contributed by atoms with E-state index in [2.05, 4.69) is 30.9 Å². The highest BCUT2D eigenvalue weighted by Gasteiger charge is 2.07. The van der Waals surface area contributed by atoms with Crippen LogP contribution in [0.1, 0.15) is 25.3 Å². The molecular formula is C13H19NO2. The molecule has 1 rings (SSSR count). The summed E-state index contributed by atoms with van der Waals surface area (Å²) in [5.41, 5.74) is 2.44. The Morgan fingerprint density at radius 3 is 2.62 bits per heavy atom. The minimum Gasteiger partial charge on any atom is -0.481 e. The van der Waals surface area contributed by atoms with Gasteiger partial charge in [-0.2, -0.15) is 0 Å². The Kier molecular flexibility index (Phi) is 4.83. The first-order valence-electron chi connectivity index (χ1n) is 5.67. The topological polar surface area (TPSA) is 40.5 Å². The van der Waals surface area contributed by atoms with Crippen molar-refractivity contribution in [3.63, 3.8) is 0 Å². The lowest BCUT2D eigenvalue weighted by molar-refractivity contribution is -0.137. The summed E-state index contributed by atoms with van der Waals surface area (Å²) in [7, 11) is 0. The average molecular weight is 221 g/mol. The molecule has 0 aromatic heterocycles. The normalized spacial score (nSPS) is 10.1. The van der Waals surface area contributed by atoms with Crippen molar-refractivity contribution >= 4 is 11.7 Å². The van der Waals surface area contributed by atoms with Crippen LogP contribution >= 0.6 is 0 Å². The average Bonchev–Trinajstić information content (AvgIpc) is 2.25. The van der Waals surface area contributed by atoms with Crippen molar-refractivity contribution in [2.24, 2.45) is 0 Å². The van der Waals surface area contributed by atoms with E-state index in [0.717, 1.165) is 13.1 Å². The van der Waals surface area contributed by atoms with Gasteiger partial charge >= 0.3 is 5.97 Å². The molecule has 3 heteroatoms. The van der Waals surface area contributed by atoms with Crippen molar-refractivity contribution in [2.45, 2.75) is 26.7 Å². The van der Waals surface area contributed by atoms with Gasteiger partial charge in [-0.25, -0.2) is 0 Å². The van der Waals surface area contributed by atoms with Crippen LogP contribution in [0.5, 0.6) is 0 Å². The van der Waals surface area contributed by atoms with Crippen LogP contribution < -0.4 is 4.90 Å². The number of para-hydroxylation sites is 1. The number of carboxylic acid groups (broad SMARTS) is 1. The van der Waals surface area contributed by atoms with E-state index in [4.69, 9.17) is 5.11 Å². The van der Waals surface area contributed by atoms with E-state index in [0.29, 0.717) is 6.42 Å². The summed E-state index contributed by atoms with van der Waals surface area (Å²) in [6.07, 6.45) is 0.930. The second kappa shape index (κ2) is 6.16. The zero-order valence-electron chi connectivity index (χ0n) is 9.94. The van der Waals surface area contributed by atoms with E-state index in [1.165, 1.54) is 11.3 Å². The van der Waals surface area contributed by atoms with Crippen molar-refractivity contribution in [2.75, 3.05) is 18.0 Å². The Hall–Kier alpha value is -1.51. The molecule has 0 bridgehead atoms. The zero-order valence-corrected chi connectivity index (χ0v) is 9.94. The fraction of sp³-hybridized carbons (Fsp3) is 0.462. The maximum absolute atomic E-state index is 10.5. The molecule has 0 spiro atoms. The molecule has 0 aliphatic heterocycles. The molecular weight excluding hydrogens is 202 g/mol. The number of hydrogen-bond acceptors (Lipinski definition) is 2. The number of nitrogens with zero attached hydrogens (tertiary/aromatic N) is 1. The van der Waals surface area contributed by atoms with Crippen LogP contribution in [0.2, 0.25) is 0 Å². The van der Waals surface area contributed by atoms with Crippen molar-refractivity contribution in [1.82, 2.24) is 0 Å². The van der Waals surface area contributed by atoms with Gasteiger partial charge in [0.1, 0.15) is 0 Å². The highest BCUT2D eigenvalue weighted by molar-refractivity contribution is 5.66. The molecule has 0 saturated carbocycles. The maximum atomic E-state index is 10.5. The second-order valence-electron chi connectivity index (χ2n) is 3.86. The molecule has 0 saturated heterocycles.